The van der Waals surface area contributed by atoms with Crippen LogP contribution in [0.25, 0.3) is 22.1 Å². The molecule has 0 spiro atoms. The number of pyridine rings is 2. The van der Waals surface area contributed by atoms with Gasteiger partial charge in [0.2, 0.25) is 0 Å². The van der Waals surface area contributed by atoms with Gasteiger partial charge in [-0.05, 0) is 38.3 Å². The second-order valence-electron chi connectivity index (χ2n) is 5.91. The van der Waals surface area contributed by atoms with E-state index in [2.05, 4.69) is 26.6 Å². The van der Waals surface area contributed by atoms with Crippen molar-refractivity contribution >= 4 is 27.8 Å². The van der Waals surface area contributed by atoms with Gasteiger partial charge in [0.25, 0.3) is 0 Å². The Labute approximate surface area is 141 Å². The summed E-state index contributed by atoms with van der Waals surface area (Å²) in [6, 6.07) is 3.91. The lowest BCUT2D eigenvalue weighted by molar-refractivity contribution is 0.212. The van der Waals surface area contributed by atoms with Crippen molar-refractivity contribution in [1.82, 2.24) is 19.5 Å². The Kier molecular flexibility index (Phi) is 5.03. The molecule has 6 nitrogen and oxygen atoms in total. The van der Waals surface area contributed by atoms with Crippen LogP contribution < -0.4 is 0 Å². The van der Waals surface area contributed by atoms with Crippen molar-refractivity contribution in [3.63, 3.8) is 0 Å². The van der Waals surface area contributed by atoms with Gasteiger partial charge in [-0.3, -0.25) is 9.97 Å². The molecule has 3 aromatic heterocycles. The van der Waals surface area contributed by atoms with Gasteiger partial charge in [0.1, 0.15) is 24.0 Å². The Hall–Kier alpha value is -2.50. The predicted octanol–water partition coefficient (Wildman–Crippen LogP) is 3.73. The van der Waals surface area contributed by atoms with Gasteiger partial charge in [0.15, 0.2) is 0 Å². The number of oxime groups is 1. The van der Waals surface area contributed by atoms with E-state index in [0.29, 0.717) is 0 Å². The third-order valence-corrected chi connectivity index (χ3v) is 4.05. The van der Waals surface area contributed by atoms with Gasteiger partial charge in [-0.15, -0.1) is 0 Å². The van der Waals surface area contributed by atoms with E-state index < -0.39 is 0 Å². The first kappa shape index (κ1) is 16.4. The van der Waals surface area contributed by atoms with Crippen LogP contribution in [0.15, 0.2) is 29.7 Å². The van der Waals surface area contributed by atoms with E-state index in [-0.39, 0.29) is 0 Å². The topological polar surface area (TPSA) is 65.2 Å². The second kappa shape index (κ2) is 7.38. The van der Waals surface area contributed by atoms with E-state index >= 15 is 0 Å². The fourth-order valence-electron chi connectivity index (χ4n) is 3.02. The average molecular weight is 325 g/mol. The molecular weight excluding hydrogens is 302 g/mol. The van der Waals surface area contributed by atoms with Crippen molar-refractivity contribution < 1.29 is 4.84 Å². The van der Waals surface area contributed by atoms with Crippen molar-refractivity contribution in [3.8, 4) is 0 Å². The van der Waals surface area contributed by atoms with E-state index in [1.54, 1.807) is 7.11 Å². The smallest absolute Gasteiger partial charge is 0.115 e. The number of rotatable bonds is 7. The first-order chi connectivity index (χ1) is 11.7. The normalized spacial score (nSPS) is 12.2. The van der Waals surface area contributed by atoms with Crippen LogP contribution in [0.1, 0.15) is 38.9 Å². The monoisotopic (exact) mass is 325 g/mol. The maximum absolute atomic E-state index is 4.83. The van der Waals surface area contributed by atoms with E-state index in [1.165, 1.54) is 0 Å². The fraction of sp³-hybridized carbons (Fsp3) is 0.444. The molecule has 0 unspecified atom stereocenters. The molecule has 0 saturated carbocycles. The van der Waals surface area contributed by atoms with Crippen LogP contribution in [0.4, 0.5) is 0 Å². The zero-order chi connectivity index (χ0) is 16.9. The van der Waals surface area contributed by atoms with Gasteiger partial charge in [0, 0.05) is 19.2 Å². The van der Waals surface area contributed by atoms with Crippen LogP contribution >= 0.6 is 0 Å². The summed E-state index contributed by atoms with van der Waals surface area (Å²) in [5.41, 5.74) is 4.85. The average Bonchev–Trinajstić information content (AvgIpc) is 2.93. The zero-order valence-corrected chi connectivity index (χ0v) is 14.5. The number of aryl methyl sites for hydroxylation is 2. The Balaban J connectivity index is 2.01. The Morgan fingerprint density at radius 3 is 2.96 bits per heavy atom. The molecule has 0 atom stereocenters. The van der Waals surface area contributed by atoms with Crippen molar-refractivity contribution in [1.29, 1.82) is 0 Å². The summed E-state index contributed by atoms with van der Waals surface area (Å²) in [5.74, 6) is 1.11. The highest BCUT2D eigenvalue weighted by molar-refractivity contribution is 5.99. The SMILES string of the molecule is CCCc1nc2cnc3cccnc3c2n1CCC/C(C)=N/OC. The summed E-state index contributed by atoms with van der Waals surface area (Å²) in [4.78, 5) is 18.7. The van der Waals surface area contributed by atoms with Gasteiger partial charge < -0.3 is 9.40 Å². The molecule has 0 aliphatic rings. The number of nitrogens with zero attached hydrogens (tertiary/aromatic N) is 5. The van der Waals surface area contributed by atoms with Crippen LogP contribution in [0.3, 0.4) is 0 Å². The molecule has 126 valence electrons. The van der Waals surface area contributed by atoms with Crippen molar-refractivity contribution in [2.45, 2.75) is 46.1 Å². The molecule has 0 bridgehead atoms. The molecule has 24 heavy (non-hydrogen) atoms. The molecule has 0 amide bonds. The van der Waals surface area contributed by atoms with Crippen molar-refractivity contribution in [2.75, 3.05) is 7.11 Å². The second-order valence-corrected chi connectivity index (χ2v) is 5.91. The van der Waals surface area contributed by atoms with Crippen molar-refractivity contribution in [2.24, 2.45) is 5.16 Å². The summed E-state index contributed by atoms with van der Waals surface area (Å²) in [6.07, 6.45) is 7.57. The quantitative estimate of drug-likeness (QED) is 0.490. The fourth-order valence-corrected chi connectivity index (χ4v) is 3.02. The molecule has 3 heterocycles. The summed E-state index contributed by atoms with van der Waals surface area (Å²) in [5, 5.41) is 3.98. The summed E-state index contributed by atoms with van der Waals surface area (Å²) in [7, 11) is 1.58. The Morgan fingerprint density at radius 2 is 2.17 bits per heavy atom. The van der Waals surface area contributed by atoms with Crippen molar-refractivity contribution in [3.05, 3.63) is 30.4 Å². The highest BCUT2D eigenvalue weighted by Crippen LogP contribution is 2.24. The van der Waals surface area contributed by atoms with Gasteiger partial charge >= 0.3 is 0 Å². The molecule has 0 fully saturated rings. The summed E-state index contributed by atoms with van der Waals surface area (Å²) >= 11 is 0. The van der Waals surface area contributed by atoms with E-state index in [1.807, 2.05) is 31.5 Å². The third-order valence-electron chi connectivity index (χ3n) is 4.05. The zero-order valence-electron chi connectivity index (χ0n) is 14.5. The summed E-state index contributed by atoms with van der Waals surface area (Å²) < 4.78 is 2.30. The molecular formula is C18H23N5O. The van der Waals surface area contributed by atoms with E-state index in [0.717, 1.165) is 65.8 Å². The molecule has 3 aromatic rings. The Morgan fingerprint density at radius 1 is 1.29 bits per heavy atom. The molecule has 0 aliphatic carbocycles. The molecule has 0 radical (unpaired) electrons. The number of fused-ring (bicyclic) bond motifs is 3. The highest BCUT2D eigenvalue weighted by atomic mass is 16.6. The van der Waals surface area contributed by atoms with Crippen LogP contribution in [0, 0.1) is 0 Å². The highest BCUT2D eigenvalue weighted by Gasteiger charge is 2.14. The predicted molar refractivity (Wildman–Crippen MR) is 96.2 cm³/mol. The number of hydrogen-bond acceptors (Lipinski definition) is 5. The van der Waals surface area contributed by atoms with Gasteiger partial charge in [-0.2, -0.15) is 0 Å². The van der Waals surface area contributed by atoms with Gasteiger partial charge in [0.05, 0.1) is 22.9 Å². The van der Waals surface area contributed by atoms with Gasteiger partial charge in [-0.1, -0.05) is 12.1 Å². The lowest BCUT2D eigenvalue weighted by atomic mass is 10.2. The van der Waals surface area contributed by atoms with Gasteiger partial charge in [-0.25, -0.2) is 4.98 Å². The summed E-state index contributed by atoms with van der Waals surface area (Å²) in [6.45, 7) is 5.05. The molecule has 0 aliphatic heterocycles. The van der Waals surface area contributed by atoms with Crippen LogP contribution in [0.2, 0.25) is 0 Å². The lowest BCUT2D eigenvalue weighted by Crippen LogP contribution is -2.06. The molecule has 0 aromatic carbocycles. The Bertz CT molecular complexity index is 868. The largest absolute Gasteiger partial charge is 0.399 e. The van der Waals surface area contributed by atoms with Crippen LogP contribution in [-0.4, -0.2) is 32.3 Å². The molecule has 0 saturated heterocycles. The first-order valence-corrected chi connectivity index (χ1v) is 8.40. The number of imidazole rings is 1. The van der Waals surface area contributed by atoms with Crippen LogP contribution in [0.5, 0.6) is 0 Å². The maximum atomic E-state index is 4.83. The minimum Gasteiger partial charge on any atom is -0.399 e. The number of aromatic nitrogens is 4. The number of hydrogen-bond donors (Lipinski definition) is 0. The maximum Gasteiger partial charge on any atom is 0.115 e. The third kappa shape index (κ3) is 3.22. The molecule has 3 rings (SSSR count). The minimum absolute atomic E-state index is 0.887. The minimum atomic E-state index is 0.887. The van der Waals surface area contributed by atoms with E-state index in [4.69, 9.17) is 9.82 Å². The van der Waals surface area contributed by atoms with Crippen LogP contribution in [-0.2, 0) is 17.8 Å². The lowest BCUT2D eigenvalue weighted by Gasteiger charge is -2.09. The van der Waals surface area contributed by atoms with E-state index in [9.17, 15) is 0 Å². The first-order valence-electron chi connectivity index (χ1n) is 8.40. The standard InChI is InChI=1S/C18H23N5O/c1-4-7-16-21-15-12-20-14-9-5-10-19-17(14)18(15)23(16)11-6-8-13(2)22-24-3/h5,9-10,12H,4,6-8,11H2,1-3H3/b22-13+. The molecule has 6 heteroatoms. The molecule has 0 N–H and O–H groups in total.